The topological polar surface area (TPSA) is 30.5 Å². The molecule has 0 aromatic heterocycles. The second kappa shape index (κ2) is 5.07. The van der Waals surface area contributed by atoms with Crippen LogP contribution >= 0.6 is 0 Å². The fourth-order valence-electron chi connectivity index (χ4n) is 2.14. The van der Waals surface area contributed by atoms with Crippen molar-refractivity contribution in [3.8, 4) is 0 Å². The molecule has 0 unspecified atom stereocenters. The van der Waals surface area contributed by atoms with Crippen molar-refractivity contribution in [1.82, 2.24) is 20.7 Å². The van der Waals surface area contributed by atoms with Crippen molar-refractivity contribution < 1.29 is 0 Å². The van der Waals surface area contributed by atoms with E-state index in [4.69, 9.17) is 0 Å². The monoisotopic (exact) mass is 198 g/mol. The predicted molar refractivity (Wildman–Crippen MR) is 58.1 cm³/mol. The van der Waals surface area contributed by atoms with Gasteiger partial charge in [0.25, 0.3) is 0 Å². The minimum Gasteiger partial charge on any atom is -0.317 e. The Bertz CT molecular complexity index is 160. The van der Waals surface area contributed by atoms with E-state index < -0.39 is 0 Å². The molecule has 2 N–H and O–H groups in total. The summed E-state index contributed by atoms with van der Waals surface area (Å²) in [4.78, 5) is 2.39. The van der Waals surface area contributed by atoms with Crippen LogP contribution in [-0.4, -0.2) is 62.3 Å². The van der Waals surface area contributed by atoms with Gasteiger partial charge in [-0.15, -0.1) is 0 Å². The summed E-state index contributed by atoms with van der Waals surface area (Å²) in [7, 11) is 2.20. The molecule has 2 fully saturated rings. The van der Waals surface area contributed by atoms with Crippen molar-refractivity contribution in [1.29, 1.82) is 0 Å². The molecule has 0 bridgehead atoms. The molecule has 4 nitrogen and oxygen atoms in total. The van der Waals surface area contributed by atoms with Crippen LogP contribution in [0, 0.1) is 0 Å². The lowest BCUT2D eigenvalue weighted by Crippen LogP contribution is -2.55. The lowest BCUT2D eigenvalue weighted by atomic mass is 10.1. The third-order valence-corrected chi connectivity index (χ3v) is 3.21. The fourth-order valence-corrected chi connectivity index (χ4v) is 2.14. The first-order valence-electron chi connectivity index (χ1n) is 5.75. The molecule has 0 spiro atoms. The molecule has 82 valence electrons. The Morgan fingerprint density at radius 1 is 1.07 bits per heavy atom. The normalized spacial score (nSPS) is 28.1. The quantitative estimate of drug-likeness (QED) is 0.626. The Kier molecular flexibility index (Phi) is 3.75. The maximum atomic E-state index is 3.65. The maximum absolute atomic E-state index is 3.65. The van der Waals surface area contributed by atoms with E-state index in [0.29, 0.717) is 6.04 Å². The van der Waals surface area contributed by atoms with E-state index >= 15 is 0 Å². The van der Waals surface area contributed by atoms with E-state index in [-0.39, 0.29) is 0 Å². The molecule has 0 aliphatic carbocycles. The molecule has 14 heavy (non-hydrogen) atoms. The number of hydrogen-bond donors (Lipinski definition) is 2. The molecule has 2 aliphatic heterocycles. The van der Waals surface area contributed by atoms with E-state index in [1.807, 2.05) is 0 Å². The van der Waals surface area contributed by atoms with Crippen LogP contribution in [0.4, 0.5) is 0 Å². The Labute approximate surface area is 86.6 Å². The van der Waals surface area contributed by atoms with Gasteiger partial charge in [-0.25, -0.2) is 5.01 Å². The van der Waals surface area contributed by atoms with Crippen LogP contribution in [-0.2, 0) is 0 Å². The Morgan fingerprint density at radius 3 is 2.36 bits per heavy atom. The molecule has 0 atom stereocenters. The SMILES string of the molecule is CN1CCN(NC2CCNCC2)CC1. The molecular weight excluding hydrogens is 176 g/mol. The van der Waals surface area contributed by atoms with Gasteiger partial charge in [0.05, 0.1) is 0 Å². The average Bonchev–Trinajstić information content (AvgIpc) is 2.23. The van der Waals surface area contributed by atoms with Gasteiger partial charge in [0.1, 0.15) is 0 Å². The number of rotatable bonds is 2. The van der Waals surface area contributed by atoms with Crippen molar-refractivity contribution in [3.63, 3.8) is 0 Å². The number of piperidine rings is 1. The fraction of sp³-hybridized carbons (Fsp3) is 1.00. The first-order chi connectivity index (χ1) is 6.84. The highest BCUT2D eigenvalue weighted by molar-refractivity contribution is 4.75. The summed E-state index contributed by atoms with van der Waals surface area (Å²) in [6.07, 6.45) is 2.54. The van der Waals surface area contributed by atoms with Gasteiger partial charge in [0.15, 0.2) is 0 Å². The Hall–Kier alpha value is -0.160. The molecule has 2 heterocycles. The molecular formula is C10H22N4. The summed E-state index contributed by atoms with van der Waals surface area (Å²) < 4.78 is 0. The van der Waals surface area contributed by atoms with Gasteiger partial charge >= 0.3 is 0 Å². The number of hydrogen-bond acceptors (Lipinski definition) is 4. The number of hydrazine groups is 1. The zero-order valence-electron chi connectivity index (χ0n) is 9.13. The van der Waals surface area contributed by atoms with Crippen LogP contribution in [0.5, 0.6) is 0 Å². The van der Waals surface area contributed by atoms with Crippen LogP contribution < -0.4 is 10.7 Å². The average molecular weight is 198 g/mol. The van der Waals surface area contributed by atoms with Crippen molar-refractivity contribution in [2.45, 2.75) is 18.9 Å². The number of nitrogens with zero attached hydrogens (tertiary/aromatic N) is 2. The van der Waals surface area contributed by atoms with E-state index in [2.05, 4.69) is 27.7 Å². The highest BCUT2D eigenvalue weighted by Gasteiger charge is 2.18. The smallest absolute Gasteiger partial charge is 0.0259 e. The molecule has 0 aromatic rings. The summed E-state index contributed by atoms with van der Waals surface area (Å²) in [5.41, 5.74) is 3.65. The second-order valence-corrected chi connectivity index (χ2v) is 4.44. The minimum absolute atomic E-state index is 0.708. The standard InChI is InChI=1S/C10H22N4/c1-13-6-8-14(9-7-13)12-10-2-4-11-5-3-10/h10-12H,2-9H2,1H3. The molecule has 4 heteroatoms. The summed E-state index contributed by atoms with van der Waals surface area (Å²) in [5.74, 6) is 0. The van der Waals surface area contributed by atoms with Gasteiger partial charge in [0, 0.05) is 32.2 Å². The molecule has 0 amide bonds. The third kappa shape index (κ3) is 2.92. The van der Waals surface area contributed by atoms with Crippen molar-refractivity contribution in [2.24, 2.45) is 0 Å². The molecule has 0 radical (unpaired) electrons. The lowest BCUT2D eigenvalue weighted by Gasteiger charge is -2.36. The first kappa shape index (κ1) is 10.4. The lowest BCUT2D eigenvalue weighted by molar-refractivity contribution is 0.0798. The van der Waals surface area contributed by atoms with Gasteiger partial charge in [-0.3, -0.25) is 5.43 Å². The van der Waals surface area contributed by atoms with Gasteiger partial charge < -0.3 is 10.2 Å². The Balaban J connectivity index is 1.68. The van der Waals surface area contributed by atoms with Crippen LogP contribution in [0.3, 0.4) is 0 Å². The Morgan fingerprint density at radius 2 is 1.71 bits per heavy atom. The highest BCUT2D eigenvalue weighted by atomic mass is 15.5. The molecule has 2 rings (SSSR count). The van der Waals surface area contributed by atoms with Gasteiger partial charge in [0.2, 0.25) is 0 Å². The van der Waals surface area contributed by atoms with E-state index in [1.165, 1.54) is 52.1 Å². The van der Waals surface area contributed by atoms with Crippen molar-refractivity contribution >= 4 is 0 Å². The summed E-state index contributed by atoms with van der Waals surface area (Å²) in [5, 5.41) is 5.79. The predicted octanol–water partition coefficient (Wildman–Crippen LogP) is -0.510. The number of nitrogens with one attached hydrogen (secondary N) is 2. The van der Waals surface area contributed by atoms with Crippen LogP contribution in [0.1, 0.15) is 12.8 Å². The second-order valence-electron chi connectivity index (χ2n) is 4.44. The summed E-state index contributed by atoms with van der Waals surface area (Å²) in [6.45, 7) is 7.06. The largest absolute Gasteiger partial charge is 0.317 e. The molecule has 2 aliphatic rings. The molecule has 0 aromatic carbocycles. The molecule has 0 saturated carbocycles. The van der Waals surface area contributed by atoms with E-state index in [9.17, 15) is 0 Å². The first-order valence-corrected chi connectivity index (χ1v) is 5.75. The van der Waals surface area contributed by atoms with Gasteiger partial charge in [-0.05, 0) is 33.0 Å². The van der Waals surface area contributed by atoms with Crippen LogP contribution in [0.25, 0.3) is 0 Å². The van der Waals surface area contributed by atoms with E-state index in [1.54, 1.807) is 0 Å². The summed E-state index contributed by atoms with van der Waals surface area (Å²) >= 11 is 0. The van der Waals surface area contributed by atoms with Crippen molar-refractivity contribution in [3.05, 3.63) is 0 Å². The zero-order valence-corrected chi connectivity index (χ0v) is 9.13. The maximum Gasteiger partial charge on any atom is 0.0259 e. The summed E-state index contributed by atoms with van der Waals surface area (Å²) in [6, 6.07) is 0.708. The number of likely N-dealkylation sites (N-methyl/N-ethyl adjacent to an activating group) is 1. The molecule has 2 saturated heterocycles. The number of piperazine rings is 1. The highest BCUT2D eigenvalue weighted by Crippen LogP contribution is 2.04. The van der Waals surface area contributed by atoms with Crippen LogP contribution in [0.2, 0.25) is 0 Å². The third-order valence-electron chi connectivity index (χ3n) is 3.21. The van der Waals surface area contributed by atoms with Crippen molar-refractivity contribution in [2.75, 3.05) is 46.3 Å². The minimum atomic E-state index is 0.708. The van der Waals surface area contributed by atoms with Gasteiger partial charge in [-0.2, -0.15) is 0 Å². The van der Waals surface area contributed by atoms with E-state index in [0.717, 1.165) is 0 Å². The van der Waals surface area contributed by atoms with Crippen LogP contribution in [0.15, 0.2) is 0 Å². The zero-order chi connectivity index (χ0) is 9.80. The van der Waals surface area contributed by atoms with Gasteiger partial charge in [-0.1, -0.05) is 0 Å².